The van der Waals surface area contributed by atoms with Crippen LogP contribution < -0.4 is 0 Å². The Labute approximate surface area is 57.7 Å². The number of aromatic nitrogens is 2. The fourth-order valence-corrected chi connectivity index (χ4v) is 0.896. The molecule has 0 saturated carbocycles. The van der Waals surface area contributed by atoms with Crippen molar-refractivity contribution in [2.45, 2.75) is 6.92 Å². The Balaban J connectivity index is 2.93. The maximum Gasteiger partial charge on any atom is 0.156 e. The van der Waals surface area contributed by atoms with Crippen molar-refractivity contribution in [2.24, 2.45) is 0 Å². The lowest BCUT2D eigenvalue weighted by Gasteiger charge is -1.82. The van der Waals surface area contributed by atoms with E-state index in [9.17, 15) is 0 Å². The minimum atomic E-state index is 0.799. The number of aryl methyl sites for hydroxylation is 1. The topological polar surface area (TPSA) is 38.9 Å². The molecule has 2 aromatic heterocycles. The van der Waals surface area contributed by atoms with Gasteiger partial charge in [0.15, 0.2) is 5.58 Å². The van der Waals surface area contributed by atoms with Crippen LogP contribution in [0.5, 0.6) is 0 Å². The van der Waals surface area contributed by atoms with E-state index in [2.05, 4.69) is 10.2 Å². The SMILES string of the molecule is Cc1coc2ccnnc12. The number of nitrogens with zero attached hydrogens (tertiary/aromatic N) is 2. The van der Waals surface area contributed by atoms with Gasteiger partial charge >= 0.3 is 0 Å². The van der Waals surface area contributed by atoms with Crippen molar-refractivity contribution in [1.82, 2.24) is 10.2 Å². The summed E-state index contributed by atoms with van der Waals surface area (Å²) in [5, 5.41) is 7.63. The predicted octanol–water partition coefficient (Wildman–Crippen LogP) is 1.53. The maximum atomic E-state index is 5.15. The zero-order valence-corrected chi connectivity index (χ0v) is 5.53. The van der Waals surface area contributed by atoms with Crippen LogP contribution in [0, 0.1) is 6.92 Å². The largest absolute Gasteiger partial charge is 0.462 e. The lowest BCUT2D eigenvalue weighted by Crippen LogP contribution is -1.78. The highest BCUT2D eigenvalue weighted by Crippen LogP contribution is 2.15. The zero-order valence-electron chi connectivity index (χ0n) is 5.53. The van der Waals surface area contributed by atoms with Crippen LogP contribution in [0.15, 0.2) is 22.9 Å². The molecule has 10 heavy (non-hydrogen) atoms. The summed E-state index contributed by atoms with van der Waals surface area (Å²) >= 11 is 0. The van der Waals surface area contributed by atoms with Gasteiger partial charge in [0.05, 0.1) is 12.5 Å². The third kappa shape index (κ3) is 0.603. The summed E-state index contributed by atoms with van der Waals surface area (Å²) in [5.74, 6) is 0. The molecule has 2 heterocycles. The van der Waals surface area contributed by atoms with Crippen LogP contribution in [0.1, 0.15) is 5.56 Å². The first kappa shape index (κ1) is 5.41. The fraction of sp³-hybridized carbons (Fsp3) is 0.143. The van der Waals surface area contributed by atoms with Crippen molar-refractivity contribution in [2.75, 3.05) is 0 Å². The van der Waals surface area contributed by atoms with E-state index in [4.69, 9.17) is 4.42 Å². The number of hydrogen-bond acceptors (Lipinski definition) is 3. The number of furan rings is 1. The summed E-state index contributed by atoms with van der Waals surface area (Å²) in [6.07, 6.45) is 3.30. The van der Waals surface area contributed by atoms with Crippen molar-refractivity contribution in [3.05, 3.63) is 24.1 Å². The first-order valence-electron chi connectivity index (χ1n) is 3.03. The Morgan fingerprint density at radius 1 is 1.50 bits per heavy atom. The van der Waals surface area contributed by atoms with Gasteiger partial charge in [-0.15, -0.1) is 5.10 Å². The standard InChI is InChI=1S/C7H6N2O/c1-5-4-10-6-2-3-8-9-7(5)6/h2-4H,1H3. The van der Waals surface area contributed by atoms with Gasteiger partial charge < -0.3 is 4.42 Å². The third-order valence-electron chi connectivity index (χ3n) is 1.42. The Morgan fingerprint density at radius 2 is 2.40 bits per heavy atom. The Morgan fingerprint density at radius 3 is 3.20 bits per heavy atom. The van der Waals surface area contributed by atoms with Crippen molar-refractivity contribution < 1.29 is 4.42 Å². The van der Waals surface area contributed by atoms with Crippen molar-refractivity contribution in [3.8, 4) is 0 Å². The Bertz CT molecular complexity index is 353. The predicted molar refractivity (Wildman–Crippen MR) is 36.5 cm³/mol. The molecule has 0 radical (unpaired) electrons. The van der Waals surface area contributed by atoms with Gasteiger partial charge in [-0.05, 0) is 6.92 Å². The van der Waals surface area contributed by atoms with E-state index in [1.54, 1.807) is 18.5 Å². The Kier molecular flexibility index (Phi) is 0.974. The minimum Gasteiger partial charge on any atom is -0.462 e. The van der Waals surface area contributed by atoms with Gasteiger partial charge in [0, 0.05) is 11.6 Å². The van der Waals surface area contributed by atoms with Gasteiger partial charge in [-0.25, -0.2) is 0 Å². The van der Waals surface area contributed by atoms with E-state index in [-0.39, 0.29) is 0 Å². The molecule has 0 aliphatic heterocycles. The van der Waals surface area contributed by atoms with Crippen LogP contribution >= 0.6 is 0 Å². The van der Waals surface area contributed by atoms with Gasteiger partial charge in [-0.3, -0.25) is 0 Å². The lowest BCUT2D eigenvalue weighted by molar-refractivity contribution is 0.612. The van der Waals surface area contributed by atoms with Crippen LogP contribution in [0.2, 0.25) is 0 Å². The fourth-order valence-electron chi connectivity index (χ4n) is 0.896. The summed E-state index contributed by atoms with van der Waals surface area (Å²) in [4.78, 5) is 0. The van der Waals surface area contributed by atoms with Crippen LogP contribution in [0.25, 0.3) is 11.1 Å². The smallest absolute Gasteiger partial charge is 0.156 e. The molecule has 0 unspecified atom stereocenters. The maximum absolute atomic E-state index is 5.15. The van der Waals surface area contributed by atoms with Crippen LogP contribution in [0.3, 0.4) is 0 Å². The van der Waals surface area contributed by atoms with Crippen molar-refractivity contribution in [3.63, 3.8) is 0 Å². The molecule has 3 heteroatoms. The van der Waals surface area contributed by atoms with Gasteiger partial charge in [0.2, 0.25) is 0 Å². The second-order valence-electron chi connectivity index (χ2n) is 2.16. The molecule has 0 spiro atoms. The summed E-state index contributed by atoms with van der Waals surface area (Å²) in [7, 11) is 0. The molecule has 0 aliphatic rings. The summed E-state index contributed by atoms with van der Waals surface area (Å²) in [5.41, 5.74) is 2.68. The van der Waals surface area contributed by atoms with Gasteiger partial charge in [0.1, 0.15) is 5.52 Å². The first-order chi connectivity index (χ1) is 4.88. The molecule has 2 aromatic rings. The summed E-state index contributed by atoms with van der Waals surface area (Å²) in [6, 6.07) is 1.80. The minimum absolute atomic E-state index is 0.799. The normalized spacial score (nSPS) is 10.5. The second-order valence-corrected chi connectivity index (χ2v) is 2.16. The average Bonchev–Trinajstić information content (AvgIpc) is 2.34. The molecular formula is C7H6N2O. The van der Waals surface area contributed by atoms with E-state index >= 15 is 0 Å². The molecule has 0 fully saturated rings. The monoisotopic (exact) mass is 134 g/mol. The van der Waals surface area contributed by atoms with Gasteiger partial charge in [-0.2, -0.15) is 5.10 Å². The molecule has 0 aliphatic carbocycles. The highest BCUT2D eigenvalue weighted by molar-refractivity contribution is 5.74. The highest BCUT2D eigenvalue weighted by Gasteiger charge is 2.00. The molecule has 0 amide bonds. The highest BCUT2D eigenvalue weighted by atomic mass is 16.3. The lowest BCUT2D eigenvalue weighted by atomic mass is 10.3. The van der Waals surface area contributed by atoms with E-state index in [1.807, 2.05) is 6.92 Å². The molecule has 2 rings (SSSR count). The summed E-state index contributed by atoms with van der Waals surface area (Å²) < 4.78 is 5.15. The van der Waals surface area contributed by atoms with Crippen LogP contribution in [0.4, 0.5) is 0 Å². The average molecular weight is 134 g/mol. The van der Waals surface area contributed by atoms with E-state index in [0.717, 1.165) is 16.7 Å². The molecule has 0 aromatic carbocycles. The summed E-state index contributed by atoms with van der Waals surface area (Å²) in [6.45, 7) is 1.94. The van der Waals surface area contributed by atoms with E-state index in [1.165, 1.54) is 0 Å². The first-order valence-corrected chi connectivity index (χ1v) is 3.03. The second kappa shape index (κ2) is 1.80. The third-order valence-corrected chi connectivity index (χ3v) is 1.42. The molecule has 0 saturated heterocycles. The molecule has 0 bridgehead atoms. The quantitative estimate of drug-likeness (QED) is 0.548. The molecular weight excluding hydrogens is 128 g/mol. The van der Waals surface area contributed by atoms with Gasteiger partial charge in [-0.1, -0.05) is 0 Å². The number of hydrogen-bond donors (Lipinski definition) is 0. The molecule has 0 atom stereocenters. The number of fused-ring (bicyclic) bond motifs is 1. The van der Waals surface area contributed by atoms with E-state index in [0.29, 0.717) is 0 Å². The molecule has 0 N–H and O–H groups in total. The van der Waals surface area contributed by atoms with Crippen LogP contribution in [-0.4, -0.2) is 10.2 Å². The number of rotatable bonds is 0. The van der Waals surface area contributed by atoms with Crippen molar-refractivity contribution in [1.29, 1.82) is 0 Å². The van der Waals surface area contributed by atoms with Gasteiger partial charge in [0.25, 0.3) is 0 Å². The molecule has 50 valence electrons. The Hall–Kier alpha value is -1.38. The van der Waals surface area contributed by atoms with Crippen LogP contribution in [-0.2, 0) is 0 Å². The van der Waals surface area contributed by atoms with E-state index < -0.39 is 0 Å². The zero-order chi connectivity index (χ0) is 6.97. The van der Waals surface area contributed by atoms with Crippen molar-refractivity contribution >= 4 is 11.1 Å². The molecule has 3 nitrogen and oxygen atoms in total.